The summed E-state index contributed by atoms with van der Waals surface area (Å²) in [5, 5.41) is 0. The maximum absolute atomic E-state index is 10.9. The summed E-state index contributed by atoms with van der Waals surface area (Å²) in [5.41, 5.74) is 5.45. The molecule has 0 saturated carbocycles. The number of nitrogens with two attached hydrogens (primary N) is 1. The van der Waals surface area contributed by atoms with Crippen molar-refractivity contribution in [2.45, 2.75) is 6.92 Å². The van der Waals surface area contributed by atoms with E-state index in [1.54, 1.807) is 11.8 Å². The second kappa shape index (κ2) is 3.69. The summed E-state index contributed by atoms with van der Waals surface area (Å²) in [7, 11) is 0. The molecule has 1 amide bonds. The van der Waals surface area contributed by atoms with Crippen LogP contribution in [0, 0.1) is 5.92 Å². The maximum Gasteiger partial charge on any atom is 0.221 e. The molecule has 0 bridgehead atoms. The zero-order chi connectivity index (χ0) is 8.27. The molecule has 1 aliphatic heterocycles. The summed E-state index contributed by atoms with van der Waals surface area (Å²) in [6, 6.07) is 0. The van der Waals surface area contributed by atoms with Crippen molar-refractivity contribution in [1.82, 2.24) is 4.90 Å². The summed E-state index contributed by atoms with van der Waals surface area (Å²) in [6.45, 7) is 3.98. The minimum Gasteiger partial charge on any atom is -0.361 e. The summed E-state index contributed by atoms with van der Waals surface area (Å²) in [6.07, 6.45) is 0. The number of carbonyl (C=O) groups excluding carboxylic acids is 1. The second-order valence-corrected chi connectivity index (χ2v) is 2.84. The largest absolute Gasteiger partial charge is 0.361 e. The maximum atomic E-state index is 10.9. The molecule has 0 aliphatic carbocycles. The van der Waals surface area contributed by atoms with Gasteiger partial charge in [0.15, 0.2) is 0 Å². The summed E-state index contributed by atoms with van der Waals surface area (Å²) in [5.74, 6) is 0.371. The predicted octanol–water partition coefficient (Wildman–Crippen LogP) is -0.602. The van der Waals surface area contributed by atoms with Gasteiger partial charge in [0, 0.05) is 19.4 Å². The van der Waals surface area contributed by atoms with E-state index in [1.807, 2.05) is 0 Å². The molecule has 4 nitrogen and oxygen atoms in total. The molecule has 0 aromatic heterocycles. The van der Waals surface area contributed by atoms with Gasteiger partial charge in [-0.15, -0.1) is 0 Å². The number of nitrogens with zero attached hydrogens (tertiary/aromatic N) is 1. The van der Waals surface area contributed by atoms with Crippen LogP contribution in [0.3, 0.4) is 0 Å². The van der Waals surface area contributed by atoms with Crippen molar-refractivity contribution in [2.24, 2.45) is 11.7 Å². The molecule has 1 saturated heterocycles. The first-order valence-electron chi connectivity index (χ1n) is 3.77. The van der Waals surface area contributed by atoms with Crippen LogP contribution < -0.4 is 5.73 Å². The number of hydrogen-bond donors (Lipinski definition) is 1. The molecular formula is C7H14N2O2. The molecule has 1 rings (SSSR count). The van der Waals surface area contributed by atoms with Gasteiger partial charge in [-0.1, -0.05) is 0 Å². The Hall–Kier alpha value is -0.610. The Morgan fingerprint density at radius 2 is 2.55 bits per heavy atom. The van der Waals surface area contributed by atoms with Crippen LogP contribution in [0.25, 0.3) is 0 Å². The van der Waals surface area contributed by atoms with Gasteiger partial charge in [-0.05, 0) is 6.54 Å². The molecule has 1 aliphatic rings. The molecule has 2 N–H and O–H groups in total. The Labute approximate surface area is 66.3 Å². The van der Waals surface area contributed by atoms with E-state index in [4.69, 9.17) is 10.5 Å². The highest BCUT2D eigenvalue weighted by atomic mass is 16.5. The van der Waals surface area contributed by atoms with E-state index in [2.05, 4.69) is 0 Å². The molecule has 0 radical (unpaired) electrons. The summed E-state index contributed by atoms with van der Waals surface area (Å²) >= 11 is 0. The normalized spacial score (nSPS) is 25.3. The van der Waals surface area contributed by atoms with Crippen LogP contribution in [-0.4, -0.2) is 37.2 Å². The smallest absolute Gasteiger partial charge is 0.221 e. The Bertz CT molecular complexity index is 149. The van der Waals surface area contributed by atoms with E-state index in [9.17, 15) is 4.79 Å². The first-order chi connectivity index (χ1) is 5.24. The van der Waals surface area contributed by atoms with Gasteiger partial charge in [-0.25, -0.2) is 0 Å². The zero-order valence-electron chi connectivity index (χ0n) is 6.75. The fraction of sp³-hybridized carbons (Fsp3) is 0.857. The topological polar surface area (TPSA) is 55.6 Å². The van der Waals surface area contributed by atoms with E-state index in [-0.39, 0.29) is 5.91 Å². The van der Waals surface area contributed by atoms with Crippen molar-refractivity contribution in [3.05, 3.63) is 0 Å². The van der Waals surface area contributed by atoms with Crippen molar-refractivity contribution in [3.63, 3.8) is 0 Å². The third-order valence-electron chi connectivity index (χ3n) is 1.86. The molecular weight excluding hydrogens is 144 g/mol. The highest BCUT2D eigenvalue weighted by Crippen LogP contribution is 2.07. The molecule has 1 atom stereocenters. The van der Waals surface area contributed by atoms with Crippen molar-refractivity contribution >= 4 is 5.91 Å². The number of amides is 1. The van der Waals surface area contributed by atoms with Crippen LogP contribution in [0.15, 0.2) is 0 Å². The van der Waals surface area contributed by atoms with Gasteiger partial charge in [0.05, 0.1) is 6.61 Å². The molecule has 0 unspecified atom stereocenters. The molecule has 1 fully saturated rings. The van der Waals surface area contributed by atoms with E-state index in [1.165, 1.54) is 0 Å². The molecule has 0 aromatic carbocycles. The third-order valence-corrected chi connectivity index (χ3v) is 1.86. The number of ether oxygens (including phenoxy) is 1. The Morgan fingerprint density at radius 3 is 3.09 bits per heavy atom. The lowest BCUT2D eigenvalue weighted by atomic mass is 10.1. The van der Waals surface area contributed by atoms with E-state index in [0.717, 1.165) is 6.54 Å². The Morgan fingerprint density at radius 1 is 1.82 bits per heavy atom. The lowest BCUT2D eigenvalue weighted by molar-refractivity contribution is -0.141. The molecule has 4 heteroatoms. The van der Waals surface area contributed by atoms with Crippen LogP contribution >= 0.6 is 0 Å². The fourth-order valence-corrected chi connectivity index (χ4v) is 1.11. The van der Waals surface area contributed by atoms with Gasteiger partial charge >= 0.3 is 0 Å². The number of hydrogen-bond acceptors (Lipinski definition) is 3. The lowest BCUT2D eigenvalue weighted by Gasteiger charge is -2.31. The summed E-state index contributed by atoms with van der Waals surface area (Å²) in [4.78, 5) is 12.5. The monoisotopic (exact) mass is 158 g/mol. The number of rotatable bonds is 1. The van der Waals surface area contributed by atoms with Gasteiger partial charge < -0.3 is 15.4 Å². The highest BCUT2D eigenvalue weighted by molar-refractivity contribution is 5.73. The summed E-state index contributed by atoms with van der Waals surface area (Å²) < 4.78 is 5.17. The van der Waals surface area contributed by atoms with Crippen LogP contribution in [0.4, 0.5) is 0 Å². The van der Waals surface area contributed by atoms with Crippen molar-refractivity contribution in [2.75, 3.05) is 26.4 Å². The van der Waals surface area contributed by atoms with Gasteiger partial charge in [0.1, 0.15) is 6.73 Å². The van der Waals surface area contributed by atoms with Crippen LogP contribution in [0.1, 0.15) is 6.92 Å². The van der Waals surface area contributed by atoms with Gasteiger partial charge in [-0.2, -0.15) is 0 Å². The molecule has 64 valence electrons. The van der Waals surface area contributed by atoms with E-state index < -0.39 is 0 Å². The number of carbonyl (C=O) groups is 1. The van der Waals surface area contributed by atoms with Gasteiger partial charge in [0.2, 0.25) is 5.91 Å². The third kappa shape index (κ3) is 2.17. The highest BCUT2D eigenvalue weighted by Gasteiger charge is 2.20. The van der Waals surface area contributed by atoms with Crippen LogP contribution in [0.2, 0.25) is 0 Å². The Balaban J connectivity index is 2.39. The standard InChI is InChI=1S/C7H14N2O2/c1-6(10)9-3-7(2-8)4-11-5-9/h7H,2-5,8H2,1H3/t7-/m0/s1. The van der Waals surface area contributed by atoms with Crippen LogP contribution in [-0.2, 0) is 9.53 Å². The first-order valence-corrected chi connectivity index (χ1v) is 3.77. The van der Waals surface area contributed by atoms with Gasteiger partial charge in [-0.3, -0.25) is 4.79 Å². The fourth-order valence-electron chi connectivity index (χ4n) is 1.11. The second-order valence-electron chi connectivity index (χ2n) is 2.84. The molecule has 0 spiro atoms. The zero-order valence-corrected chi connectivity index (χ0v) is 6.75. The SMILES string of the molecule is CC(=O)N1COC[C@@H](CN)C1. The van der Waals surface area contributed by atoms with Gasteiger partial charge in [0.25, 0.3) is 0 Å². The Kier molecular flexibility index (Phi) is 2.84. The van der Waals surface area contributed by atoms with Crippen molar-refractivity contribution in [3.8, 4) is 0 Å². The first kappa shape index (κ1) is 8.49. The van der Waals surface area contributed by atoms with Crippen LogP contribution in [0.5, 0.6) is 0 Å². The lowest BCUT2D eigenvalue weighted by Crippen LogP contribution is -2.44. The average molecular weight is 158 g/mol. The van der Waals surface area contributed by atoms with Crippen molar-refractivity contribution < 1.29 is 9.53 Å². The minimum atomic E-state index is 0.0585. The van der Waals surface area contributed by atoms with Crippen molar-refractivity contribution in [1.29, 1.82) is 0 Å². The quantitative estimate of drug-likeness (QED) is 0.554. The molecule has 1 heterocycles. The average Bonchev–Trinajstić information content (AvgIpc) is 2.05. The molecule has 11 heavy (non-hydrogen) atoms. The van der Waals surface area contributed by atoms with E-state index >= 15 is 0 Å². The molecule has 0 aromatic rings. The van der Waals surface area contributed by atoms with E-state index in [0.29, 0.717) is 25.8 Å². The minimum absolute atomic E-state index is 0.0585. The predicted molar refractivity (Wildman–Crippen MR) is 40.8 cm³/mol.